The molecule has 0 fully saturated rings. The van der Waals surface area contributed by atoms with E-state index in [1.807, 2.05) is 6.92 Å². The summed E-state index contributed by atoms with van der Waals surface area (Å²) in [5.41, 5.74) is 0.440. The van der Waals surface area contributed by atoms with Crippen molar-refractivity contribution in [2.75, 3.05) is 25.5 Å². The highest BCUT2D eigenvalue weighted by Crippen LogP contribution is 2.23. The molecule has 2 aromatic rings. The van der Waals surface area contributed by atoms with Crippen LogP contribution in [0.15, 0.2) is 46.9 Å². The van der Waals surface area contributed by atoms with Crippen molar-refractivity contribution in [1.82, 2.24) is 4.90 Å². The summed E-state index contributed by atoms with van der Waals surface area (Å²) >= 11 is 3.23. The number of ether oxygens (including phenoxy) is 1. The van der Waals surface area contributed by atoms with Gasteiger partial charge in [-0.1, -0.05) is 35.0 Å². The number of carbonyl (C=O) groups is 2. The highest BCUT2D eigenvalue weighted by atomic mass is 79.9. The number of halogens is 2. The van der Waals surface area contributed by atoms with E-state index >= 15 is 0 Å². The molecule has 1 N–H and O–H groups in total. The lowest BCUT2D eigenvalue weighted by atomic mass is 10.1. The van der Waals surface area contributed by atoms with Gasteiger partial charge in [0.15, 0.2) is 0 Å². The van der Waals surface area contributed by atoms with E-state index in [0.29, 0.717) is 28.9 Å². The molecule has 5 nitrogen and oxygen atoms in total. The average Bonchev–Trinajstić information content (AvgIpc) is 2.63. The lowest BCUT2D eigenvalue weighted by Crippen LogP contribution is -2.39. The van der Waals surface area contributed by atoms with Crippen molar-refractivity contribution in [1.29, 1.82) is 0 Å². The third-order valence-corrected chi connectivity index (χ3v) is 4.15. The summed E-state index contributed by atoms with van der Waals surface area (Å²) in [5.74, 6) is -1.01. The van der Waals surface area contributed by atoms with Crippen LogP contribution in [0.1, 0.15) is 23.7 Å². The van der Waals surface area contributed by atoms with E-state index in [2.05, 4.69) is 21.2 Å². The molecule has 0 heterocycles. The number of para-hydroxylation sites is 2. The molecule has 0 aromatic heterocycles. The number of hydrogen-bond donors (Lipinski definition) is 1. The molecule has 0 bridgehead atoms. The third-order valence-electron chi connectivity index (χ3n) is 3.66. The van der Waals surface area contributed by atoms with Crippen molar-refractivity contribution < 1.29 is 18.7 Å². The predicted molar refractivity (Wildman–Crippen MR) is 102 cm³/mol. The van der Waals surface area contributed by atoms with Gasteiger partial charge in [0, 0.05) is 11.0 Å². The third kappa shape index (κ3) is 5.05. The molecule has 0 aliphatic heterocycles. The van der Waals surface area contributed by atoms with Crippen molar-refractivity contribution >= 4 is 33.4 Å². The smallest absolute Gasteiger partial charge is 0.257 e. The topological polar surface area (TPSA) is 58.6 Å². The van der Waals surface area contributed by atoms with Crippen LogP contribution in [0.25, 0.3) is 0 Å². The van der Waals surface area contributed by atoms with Gasteiger partial charge in [0.05, 0.1) is 18.4 Å². The van der Waals surface area contributed by atoms with Crippen LogP contribution in [0, 0.1) is 5.82 Å². The van der Waals surface area contributed by atoms with Gasteiger partial charge in [0.2, 0.25) is 5.91 Å². The normalized spacial score (nSPS) is 10.3. The molecular formula is C19H20BrFN2O3. The molecule has 0 saturated heterocycles. The van der Waals surface area contributed by atoms with Gasteiger partial charge in [-0.05, 0) is 36.8 Å². The number of nitrogens with one attached hydrogen (secondary N) is 1. The monoisotopic (exact) mass is 422 g/mol. The number of amides is 2. The van der Waals surface area contributed by atoms with Gasteiger partial charge in [-0.2, -0.15) is 0 Å². The Hall–Kier alpha value is -2.41. The van der Waals surface area contributed by atoms with Crippen molar-refractivity contribution in [2.24, 2.45) is 0 Å². The second-order valence-corrected chi connectivity index (χ2v) is 6.52. The molecule has 2 amide bonds. The lowest BCUT2D eigenvalue weighted by molar-refractivity contribution is -0.116. The molecule has 0 spiro atoms. The van der Waals surface area contributed by atoms with Crippen molar-refractivity contribution in [2.45, 2.75) is 13.3 Å². The zero-order chi connectivity index (χ0) is 19.1. The predicted octanol–water partition coefficient (Wildman–Crippen LogP) is 4.09. The number of benzene rings is 2. The van der Waals surface area contributed by atoms with Gasteiger partial charge < -0.3 is 15.0 Å². The van der Waals surface area contributed by atoms with E-state index in [9.17, 15) is 14.0 Å². The van der Waals surface area contributed by atoms with Crippen LogP contribution in [-0.2, 0) is 4.79 Å². The minimum absolute atomic E-state index is 0.0714. The maximum Gasteiger partial charge on any atom is 0.257 e. The molecule has 2 rings (SSSR count). The van der Waals surface area contributed by atoms with Crippen molar-refractivity contribution in [3.63, 3.8) is 0 Å². The van der Waals surface area contributed by atoms with Crippen molar-refractivity contribution in [3.8, 4) is 5.75 Å². The summed E-state index contributed by atoms with van der Waals surface area (Å²) in [7, 11) is 1.51. The summed E-state index contributed by atoms with van der Waals surface area (Å²) in [6.45, 7) is 2.04. The first-order valence-corrected chi connectivity index (χ1v) is 8.92. The Morgan fingerprint density at radius 1 is 1.23 bits per heavy atom. The first kappa shape index (κ1) is 19.9. The van der Waals surface area contributed by atoms with Crippen LogP contribution in [0.4, 0.5) is 10.1 Å². The number of carbonyl (C=O) groups excluding carboxylic acids is 2. The molecule has 2 aromatic carbocycles. The molecular weight excluding hydrogens is 403 g/mol. The first-order chi connectivity index (χ1) is 12.5. The number of anilines is 1. The second-order valence-electron chi connectivity index (χ2n) is 5.60. The maximum absolute atomic E-state index is 14.0. The van der Waals surface area contributed by atoms with E-state index < -0.39 is 11.7 Å². The molecule has 0 aliphatic rings. The average molecular weight is 423 g/mol. The standard InChI is InChI=1S/C19H20BrFN2O3/c1-3-10-23(19(25)14-11-13(20)8-9-15(14)21)12-18(24)22-16-6-4-5-7-17(16)26-2/h4-9,11H,3,10,12H2,1-2H3,(H,22,24). The van der Waals surface area contributed by atoms with Crippen LogP contribution < -0.4 is 10.1 Å². The molecule has 138 valence electrons. The zero-order valence-corrected chi connectivity index (χ0v) is 16.2. The minimum Gasteiger partial charge on any atom is -0.495 e. The molecule has 0 aliphatic carbocycles. The Bertz CT molecular complexity index is 798. The summed E-state index contributed by atoms with van der Waals surface area (Å²) < 4.78 is 19.8. The van der Waals surface area contributed by atoms with Crippen LogP contribution in [0.3, 0.4) is 0 Å². The number of nitrogens with zero attached hydrogens (tertiary/aromatic N) is 1. The SMILES string of the molecule is CCCN(CC(=O)Nc1ccccc1OC)C(=O)c1cc(Br)ccc1F. The Kier molecular flexibility index (Phi) is 7.15. The Labute approximate surface area is 160 Å². The number of hydrogen-bond acceptors (Lipinski definition) is 3. The zero-order valence-electron chi connectivity index (χ0n) is 14.6. The van der Waals surface area contributed by atoms with Crippen LogP contribution in [0.5, 0.6) is 5.75 Å². The van der Waals surface area contributed by atoms with E-state index in [-0.39, 0.29) is 18.0 Å². The maximum atomic E-state index is 14.0. The summed E-state index contributed by atoms with van der Waals surface area (Å²) in [6, 6.07) is 11.1. The fourth-order valence-corrected chi connectivity index (χ4v) is 2.83. The summed E-state index contributed by atoms with van der Waals surface area (Å²) in [5, 5.41) is 2.72. The Balaban J connectivity index is 2.15. The van der Waals surface area contributed by atoms with E-state index in [0.717, 1.165) is 0 Å². The Morgan fingerprint density at radius 3 is 2.65 bits per heavy atom. The van der Waals surface area contributed by atoms with Crippen LogP contribution in [-0.4, -0.2) is 36.9 Å². The molecule has 0 atom stereocenters. The minimum atomic E-state index is -0.621. The number of rotatable bonds is 7. The van der Waals surface area contributed by atoms with Gasteiger partial charge in [0.1, 0.15) is 18.1 Å². The lowest BCUT2D eigenvalue weighted by Gasteiger charge is -2.22. The number of methoxy groups -OCH3 is 1. The van der Waals surface area contributed by atoms with Gasteiger partial charge in [0.25, 0.3) is 5.91 Å². The van der Waals surface area contributed by atoms with E-state index in [1.54, 1.807) is 24.3 Å². The molecule has 26 heavy (non-hydrogen) atoms. The van der Waals surface area contributed by atoms with Gasteiger partial charge in [-0.3, -0.25) is 9.59 Å². The summed E-state index contributed by atoms with van der Waals surface area (Å²) in [6.07, 6.45) is 0.642. The van der Waals surface area contributed by atoms with Gasteiger partial charge in [-0.15, -0.1) is 0 Å². The molecule has 0 radical (unpaired) electrons. The summed E-state index contributed by atoms with van der Waals surface area (Å²) in [4.78, 5) is 26.4. The van der Waals surface area contributed by atoms with Crippen LogP contribution in [0.2, 0.25) is 0 Å². The largest absolute Gasteiger partial charge is 0.495 e. The molecule has 7 heteroatoms. The fourth-order valence-electron chi connectivity index (χ4n) is 2.47. The van der Waals surface area contributed by atoms with E-state index in [1.165, 1.54) is 30.2 Å². The second kappa shape index (κ2) is 9.33. The van der Waals surface area contributed by atoms with Gasteiger partial charge >= 0.3 is 0 Å². The Morgan fingerprint density at radius 2 is 1.96 bits per heavy atom. The quantitative estimate of drug-likeness (QED) is 0.730. The van der Waals surface area contributed by atoms with E-state index in [4.69, 9.17) is 4.74 Å². The van der Waals surface area contributed by atoms with Crippen molar-refractivity contribution in [3.05, 3.63) is 58.3 Å². The molecule has 0 saturated carbocycles. The molecule has 0 unspecified atom stereocenters. The fraction of sp³-hybridized carbons (Fsp3) is 0.263. The van der Waals surface area contributed by atoms with Gasteiger partial charge in [-0.25, -0.2) is 4.39 Å². The highest BCUT2D eigenvalue weighted by molar-refractivity contribution is 9.10. The first-order valence-electron chi connectivity index (χ1n) is 8.13. The highest BCUT2D eigenvalue weighted by Gasteiger charge is 2.22. The van der Waals surface area contributed by atoms with Crippen LogP contribution >= 0.6 is 15.9 Å².